The van der Waals surface area contributed by atoms with Gasteiger partial charge < -0.3 is 5.32 Å². The zero-order chi connectivity index (χ0) is 23.4. The lowest BCUT2D eigenvalue weighted by atomic mass is 10.1. The van der Waals surface area contributed by atoms with Gasteiger partial charge in [-0.15, -0.1) is 21.5 Å². The van der Waals surface area contributed by atoms with Crippen molar-refractivity contribution in [3.63, 3.8) is 0 Å². The molecule has 3 aromatic heterocycles. The number of carbonyl (C=O) groups excluding carboxylic acids is 2. The van der Waals surface area contributed by atoms with Crippen LogP contribution in [0.15, 0.2) is 51.7 Å². The van der Waals surface area contributed by atoms with Crippen LogP contribution in [0.25, 0.3) is 16.7 Å². The van der Waals surface area contributed by atoms with Crippen LogP contribution >= 0.6 is 23.1 Å². The second-order valence-corrected chi connectivity index (χ2v) is 9.85. The summed E-state index contributed by atoms with van der Waals surface area (Å²) in [6.07, 6.45) is 0.826. The minimum absolute atomic E-state index is 0.0212. The molecule has 0 spiro atoms. The van der Waals surface area contributed by atoms with Crippen molar-refractivity contribution < 1.29 is 9.59 Å². The Morgan fingerprint density at radius 3 is 2.73 bits per heavy atom. The number of fused-ring (bicyclic) bond motifs is 3. The fourth-order valence-electron chi connectivity index (χ4n) is 3.33. The molecular weight excluding hydrogens is 460 g/mol. The van der Waals surface area contributed by atoms with Gasteiger partial charge in [0.25, 0.3) is 5.56 Å². The minimum atomic E-state index is -0.548. The molecule has 0 aliphatic carbocycles. The number of carbonyl (C=O) groups is 2. The third-order valence-electron chi connectivity index (χ3n) is 5.00. The van der Waals surface area contributed by atoms with Crippen molar-refractivity contribution >= 4 is 51.7 Å². The van der Waals surface area contributed by atoms with E-state index in [1.807, 2.05) is 35.7 Å². The number of aromatic nitrogens is 4. The van der Waals surface area contributed by atoms with Gasteiger partial charge in [0.15, 0.2) is 5.16 Å². The van der Waals surface area contributed by atoms with Crippen molar-refractivity contribution in [2.75, 3.05) is 5.75 Å². The first-order valence-electron chi connectivity index (χ1n) is 10.5. The van der Waals surface area contributed by atoms with E-state index < -0.39 is 11.9 Å². The van der Waals surface area contributed by atoms with Crippen LogP contribution in [0, 0.1) is 5.92 Å². The maximum atomic E-state index is 13.1. The summed E-state index contributed by atoms with van der Waals surface area (Å²) in [5.74, 6) is 0.399. The molecule has 0 aliphatic heterocycles. The van der Waals surface area contributed by atoms with Gasteiger partial charge >= 0.3 is 6.03 Å². The second kappa shape index (κ2) is 10.2. The van der Waals surface area contributed by atoms with E-state index >= 15 is 0 Å². The van der Waals surface area contributed by atoms with Crippen molar-refractivity contribution in [2.24, 2.45) is 5.92 Å². The Morgan fingerprint density at radius 1 is 1.15 bits per heavy atom. The predicted octanol–water partition coefficient (Wildman–Crippen LogP) is 3.27. The van der Waals surface area contributed by atoms with Crippen LogP contribution in [0.3, 0.4) is 0 Å². The average Bonchev–Trinajstić information content (AvgIpc) is 3.46. The molecule has 4 rings (SSSR count). The van der Waals surface area contributed by atoms with Gasteiger partial charge in [0.1, 0.15) is 0 Å². The Bertz CT molecular complexity index is 1340. The van der Waals surface area contributed by atoms with E-state index in [-0.39, 0.29) is 11.3 Å². The monoisotopic (exact) mass is 484 g/mol. The van der Waals surface area contributed by atoms with Crippen molar-refractivity contribution in [1.82, 2.24) is 29.8 Å². The molecule has 0 unspecified atom stereocenters. The number of thiophene rings is 1. The third-order valence-corrected chi connectivity index (χ3v) is 6.80. The third kappa shape index (κ3) is 5.25. The lowest BCUT2D eigenvalue weighted by Crippen LogP contribution is -2.39. The number of aryl methyl sites for hydroxylation is 1. The zero-order valence-corrected chi connectivity index (χ0v) is 19.9. The van der Waals surface area contributed by atoms with Crippen LogP contribution in [0.1, 0.15) is 25.1 Å². The lowest BCUT2D eigenvalue weighted by Gasteiger charge is -2.12. The van der Waals surface area contributed by atoms with Gasteiger partial charge in [-0.05, 0) is 35.9 Å². The summed E-state index contributed by atoms with van der Waals surface area (Å²) in [5, 5.41) is 16.4. The van der Waals surface area contributed by atoms with Gasteiger partial charge in [0, 0.05) is 11.4 Å². The van der Waals surface area contributed by atoms with Gasteiger partial charge in [-0.25, -0.2) is 4.79 Å². The molecule has 11 heteroatoms. The molecule has 0 fully saturated rings. The van der Waals surface area contributed by atoms with Crippen molar-refractivity contribution in [3.8, 4) is 0 Å². The summed E-state index contributed by atoms with van der Waals surface area (Å²) in [5.41, 5.74) is 0.572. The van der Waals surface area contributed by atoms with Crippen molar-refractivity contribution in [2.45, 2.75) is 38.5 Å². The van der Waals surface area contributed by atoms with E-state index in [9.17, 15) is 14.4 Å². The Kier molecular flexibility index (Phi) is 7.09. The quantitative estimate of drug-likeness (QED) is 0.372. The van der Waals surface area contributed by atoms with Gasteiger partial charge in [0.05, 0.1) is 23.2 Å². The number of hydrogen-bond acceptors (Lipinski definition) is 7. The van der Waals surface area contributed by atoms with Crippen LogP contribution in [0.5, 0.6) is 0 Å². The summed E-state index contributed by atoms with van der Waals surface area (Å²) in [6.45, 7) is 5.09. The predicted molar refractivity (Wildman–Crippen MR) is 130 cm³/mol. The SMILES string of the molecule is CC(C)CCn1c(=O)c2ccccc2n2c(SCC(=O)NC(=O)NCc3cccs3)nnc12. The largest absolute Gasteiger partial charge is 0.333 e. The number of amides is 3. The number of rotatable bonds is 8. The summed E-state index contributed by atoms with van der Waals surface area (Å²) in [6, 6.07) is 10.5. The number of thioether (sulfide) groups is 1. The highest BCUT2D eigenvalue weighted by molar-refractivity contribution is 7.99. The number of imide groups is 1. The molecule has 3 amide bonds. The molecule has 4 aromatic rings. The summed E-state index contributed by atoms with van der Waals surface area (Å²) < 4.78 is 3.43. The van der Waals surface area contributed by atoms with Gasteiger partial charge in [-0.3, -0.25) is 23.9 Å². The van der Waals surface area contributed by atoms with E-state index in [4.69, 9.17) is 0 Å². The van der Waals surface area contributed by atoms with Gasteiger partial charge in [-0.1, -0.05) is 43.8 Å². The number of hydrogen-bond donors (Lipinski definition) is 2. The summed E-state index contributed by atoms with van der Waals surface area (Å²) in [7, 11) is 0. The highest BCUT2D eigenvalue weighted by Gasteiger charge is 2.18. The number of nitrogens with one attached hydrogen (secondary N) is 2. The van der Waals surface area contributed by atoms with Crippen LogP contribution in [-0.2, 0) is 17.9 Å². The van der Waals surface area contributed by atoms with E-state index in [0.29, 0.717) is 40.8 Å². The second-order valence-electron chi connectivity index (χ2n) is 7.87. The highest BCUT2D eigenvalue weighted by Crippen LogP contribution is 2.22. The Morgan fingerprint density at radius 2 is 1.97 bits per heavy atom. The molecular formula is C22H24N6O3S2. The van der Waals surface area contributed by atoms with Gasteiger partial charge in [-0.2, -0.15) is 0 Å². The molecule has 0 bridgehead atoms. The van der Waals surface area contributed by atoms with Crippen LogP contribution in [0.4, 0.5) is 4.79 Å². The molecule has 0 radical (unpaired) electrons. The van der Waals surface area contributed by atoms with E-state index in [1.54, 1.807) is 15.0 Å². The fourth-order valence-corrected chi connectivity index (χ4v) is 4.72. The molecule has 9 nitrogen and oxygen atoms in total. The Balaban J connectivity index is 1.51. The first-order valence-corrected chi connectivity index (χ1v) is 12.4. The van der Waals surface area contributed by atoms with Crippen molar-refractivity contribution in [3.05, 3.63) is 57.0 Å². The van der Waals surface area contributed by atoms with Crippen LogP contribution in [-0.4, -0.2) is 36.9 Å². The molecule has 0 saturated carbocycles. The van der Waals surface area contributed by atoms with E-state index in [2.05, 4.69) is 34.7 Å². The number of nitrogens with zero attached hydrogens (tertiary/aromatic N) is 4. The topological polar surface area (TPSA) is 110 Å². The summed E-state index contributed by atoms with van der Waals surface area (Å²) >= 11 is 2.69. The maximum Gasteiger partial charge on any atom is 0.321 e. The first kappa shape index (κ1) is 23.0. The molecule has 2 N–H and O–H groups in total. The van der Waals surface area contributed by atoms with Crippen LogP contribution in [0.2, 0.25) is 0 Å². The fraction of sp³-hybridized carbons (Fsp3) is 0.318. The van der Waals surface area contributed by atoms with E-state index in [0.717, 1.165) is 23.1 Å². The van der Waals surface area contributed by atoms with Crippen LogP contribution < -0.4 is 16.2 Å². The number of urea groups is 1. The zero-order valence-electron chi connectivity index (χ0n) is 18.3. The number of benzene rings is 1. The molecule has 172 valence electrons. The smallest absolute Gasteiger partial charge is 0.321 e. The summed E-state index contributed by atoms with van der Waals surface area (Å²) in [4.78, 5) is 38.4. The maximum absolute atomic E-state index is 13.1. The molecule has 0 atom stereocenters. The Hall–Kier alpha value is -3.18. The Labute approximate surface area is 198 Å². The van der Waals surface area contributed by atoms with Gasteiger partial charge in [0.2, 0.25) is 11.7 Å². The van der Waals surface area contributed by atoms with Crippen molar-refractivity contribution in [1.29, 1.82) is 0 Å². The lowest BCUT2D eigenvalue weighted by molar-refractivity contribution is -0.117. The molecule has 0 saturated heterocycles. The molecule has 0 aliphatic rings. The molecule has 33 heavy (non-hydrogen) atoms. The minimum Gasteiger partial charge on any atom is -0.333 e. The average molecular weight is 485 g/mol. The highest BCUT2D eigenvalue weighted by atomic mass is 32.2. The first-order chi connectivity index (χ1) is 15.9. The van der Waals surface area contributed by atoms with E-state index in [1.165, 1.54) is 11.3 Å². The normalized spacial score (nSPS) is 11.4. The standard InChI is InChI=1S/C22H24N6O3S2/c1-14(2)9-10-27-19(30)16-7-3-4-8-17(16)28-21(27)25-26-22(28)33-13-18(29)24-20(31)23-12-15-6-5-11-32-15/h3-8,11,14H,9-10,12-13H2,1-2H3,(H2,23,24,29,31). The number of para-hydroxylation sites is 1. The molecule has 1 aromatic carbocycles. The molecule has 3 heterocycles.